The summed E-state index contributed by atoms with van der Waals surface area (Å²) in [4.78, 5) is 14.5. The molecule has 2 aliphatic rings. The van der Waals surface area contributed by atoms with E-state index < -0.39 is 0 Å². The summed E-state index contributed by atoms with van der Waals surface area (Å²) >= 11 is 0. The standard InChI is InChI=1S/C14H22N4O2/c1-10-12(15-14(19)11-6-5-9-20-11)13(16-17(10)2)18-7-3-4-8-18/h11H,3-9H2,1-2H3,(H,15,19)/t11-/m1/s1. The number of aromatic nitrogens is 2. The van der Waals surface area contributed by atoms with E-state index in [0.717, 1.165) is 43.1 Å². The Labute approximate surface area is 119 Å². The van der Waals surface area contributed by atoms with Crippen LogP contribution in [0.4, 0.5) is 11.5 Å². The topological polar surface area (TPSA) is 59.4 Å². The van der Waals surface area contributed by atoms with Gasteiger partial charge < -0.3 is 15.0 Å². The maximum absolute atomic E-state index is 12.3. The van der Waals surface area contributed by atoms with Gasteiger partial charge in [0.05, 0.1) is 5.69 Å². The van der Waals surface area contributed by atoms with Crippen molar-refractivity contribution in [3.05, 3.63) is 5.69 Å². The number of nitrogens with one attached hydrogen (secondary N) is 1. The highest BCUT2D eigenvalue weighted by molar-refractivity contribution is 5.97. The second-order valence-electron chi connectivity index (χ2n) is 5.59. The van der Waals surface area contributed by atoms with Gasteiger partial charge in [0, 0.05) is 26.7 Å². The summed E-state index contributed by atoms with van der Waals surface area (Å²) in [6.07, 6.45) is 3.84. The second-order valence-corrected chi connectivity index (χ2v) is 5.59. The lowest BCUT2D eigenvalue weighted by molar-refractivity contribution is -0.124. The zero-order valence-corrected chi connectivity index (χ0v) is 12.2. The number of nitrogens with zero attached hydrogens (tertiary/aromatic N) is 3. The van der Waals surface area contributed by atoms with E-state index in [-0.39, 0.29) is 12.0 Å². The van der Waals surface area contributed by atoms with E-state index in [1.165, 1.54) is 12.8 Å². The fourth-order valence-electron chi connectivity index (χ4n) is 2.88. The Hall–Kier alpha value is -1.56. The number of ether oxygens (including phenoxy) is 1. The van der Waals surface area contributed by atoms with Gasteiger partial charge in [-0.25, -0.2) is 0 Å². The monoisotopic (exact) mass is 278 g/mol. The van der Waals surface area contributed by atoms with Crippen molar-refractivity contribution in [1.29, 1.82) is 0 Å². The molecule has 6 heteroatoms. The van der Waals surface area contributed by atoms with Crippen LogP contribution in [0.15, 0.2) is 0 Å². The molecule has 6 nitrogen and oxygen atoms in total. The fraction of sp³-hybridized carbons (Fsp3) is 0.714. The highest BCUT2D eigenvalue weighted by Gasteiger charge is 2.28. The van der Waals surface area contributed by atoms with Crippen LogP contribution in [-0.2, 0) is 16.6 Å². The van der Waals surface area contributed by atoms with E-state index in [9.17, 15) is 4.79 Å². The van der Waals surface area contributed by atoms with Crippen LogP contribution in [0.1, 0.15) is 31.4 Å². The van der Waals surface area contributed by atoms with Crippen molar-refractivity contribution in [2.24, 2.45) is 7.05 Å². The predicted molar refractivity (Wildman–Crippen MR) is 77.0 cm³/mol. The van der Waals surface area contributed by atoms with E-state index in [1.54, 1.807) is 0 Å². The molecule has 3 rings (SSSR count). The minimum atomic E-state index is -0.305. The van der Waals surface area contributed by atoms with Crippen molar-refractivity contribution >= 4 is 17.4 Å². The van der Waals surface area contributed by atoms with Crippen LogP contribution in [0, 0.1) is 6.92 Å². The number of hydrogen-bond donors (Lipinski definition) is 1. The molecule has 3 heterocycles. The summed E-state index contributed by atoms with van der Waals surface area (Å²) in [6, 6.07) is 0. The Morgan fingerprint density at radius 3 is 2.75 bits per heavy atom. The van der Waals surface area contributed by atoms with Crippen LogP contribution < -0.4 is 10.2 Å². The number of carbonyl (C=O) groups is 1. The molecule has 1 N–H and O–H groups in total. The van der Waals surface area contributed by atoms with E-state index in [4.69, 9.17) is 4.74 Å². The Kier molecular flexibility index (Phi) is 3.65. The SMILES string of the molecule is Cc1c(NC(=O)[C@H]2CCCO2)c(N2CCCC2)nn1C. The molecule has 0 saturated carbocycles. The van der Waals surface area contributed by atoms with Gasteiger partial charge in [0.25, 0.3) is 5.91 Å². The fourth-order valence-corrected chi connectivity index (χ4v) is 2.88. The van der Waals surface area contributed by atoms with Crippen LogP contribution in [0.3, 0.4) is 0 Å². The first-order valence-electron chi connectivity index (χ1n) is 7.38. The molecule has 2 fully saturated rings. The first kappa shape index (κ1) is 13.4. The summed E-state index contributed by atoms with van der Waals surface area (Å²) in [5, 5.41) is 7.59. The number of carbonyl (C=O) groups excluding carboxylic acids is 1. The largest absolute Gasteiger partial charge is 0.368 e. The average molecular weight is 278 g/mol. The van der Waals surface area contributed by atoms with Gasteiger partial charge in [-0.3, -0.25) is 9.48 Å². The number of hydrogen-bond acceptors (Lipinski definition) is 4. The molecule has 2 saturated heterocycles. The van der Waals surface area contributed by atoms with Crippen LogP contribution >= 0.6 is 0 Å². The first-order valence-corrected chi connectivity index (χ1v) is 7.38. The summed E-state index contributed by atoms with van der Waals surface area (Å²) < 4.78 is 7.28. The smallest absolute Gasteiger partial charge is 0.253 e. The molecule has 1 aromatic heterocycles. The van der Waals surface area contributed by atoms with Gasteiger partial charge in [0.2, 0.25) is 0 Å². The molecular formula is C14H22N4O2. The van der Waals surface area contributed by atoms with Crippen LogP contribution in [0.2, 0.25) is 0 Å². The Morgan fingerprint density at radius 2 is 2.10 bits per heavy atom. The number of anilines is 2. The first-order chi connectivity index (χ1) is 9.66. The van der Waals surface area contributed by atoms with Crippen molar-refractivity contribution in [2.45, 2.75) is 38.7 Å². The zero-order chi connectivity index (χ0) is 14.1. The van der Waals surface area contributed by atoms with Gasteiger partial charge >= 0.3 is 0 Å². The number of rotatable bonds is 3. The van der Waals surface area contributed by atoms with Gasteiger partial charge in [0.1, 0.15) is 11.8 Å². The second kappa shape index (κ2) is 5.44. The molecular weight excluding hydrogens is 256 g/mol. The lowest BCUT2D eigenvalue weighted by Gasteiger charge is -2.17. The minimum Gasteiger partial charge on any atom is -0.368 e. The lowest BCUT2D eigenvalue weighted by atomic mass is 10.2. The molecule has 110 valence electrons. The molecule has 1 atom stereocenters. The van der Waals surface area contributed by atoms with Crippen LogP contribution in [0.25, 0.3) is 0 Å². The van der Waals surface area contributed by atoms with Crippen molar-refractivity contribution in [2.75, 3.05) is 29.9 Å². The van der Waals surface area contributed by atoms with Gasteiger partial charge in [-0.1, -0.05) is 0 Å². The van der Waals surface area contributed by atoms with Crippen molar-refractivity contribution in [3.8, 4) is 0 Å². The molecule has 0 aliphatic carbocycles. The molecule has 0 bridgehead atoms. The maximum Gasteiger partial charge on any atom is 0.253 e. The molecule has 0 spiro atoms. The number of amides is 1. The third kappa shape index (κ3) is 2.40. The zero-order valence-electron chi connectivity index (χ0n) is 12.2. The Balaban J connectivity index is 1.81. The van der Waals surface area contributed by atoms with Gasteiger partial charge in [-0.2, -0.15) is 5.10 Å². The van der Waals surface area contributed by atoms with Crippen molar-refractivity contribution < 1.29 is 9.53 Å². The number of aryl methyl sites for hydroxylation is 1. The predicted octanol–water partition coefficient (Wildman–Crippen LogP) is 1.45. The summed E-state index contributed by atoms with van der Waals surface area (Å²) in [7, 11) is 1.91. The normalized spacial score (nSPS) is 22.5. The highest BCUT2D eigenvalue weighted by atomic mass is 16.5. The molecule has 1 aromatic rings. The van der Waals surface area contributed by atoms with E-state index in [0.29, 0.717) is 6.61 Å². The third-order valence-corrected chi connectivity index (χ3v) is 4.19. The highest BCUT2D eigenvalue weighted by Crippen LogP contribution is 2.31. The average Bonchev–Trinajstić information content (AvgIpc) is 3.15. The Morgan fingerprint density at radius 1 is 1.35 bits per heavy atom. The summed E-state index contributed by atoms with van der Waals surface area (Å²) in [5.41, 5.74) is 1.83. The van der Waals surface area contributed by atoms with E-state index in [1.807, 2.05) is 18.7 Å². The molecule has 0 unspecified atom stereocenters. The minimum absolute atomic E-state index is 0.0425. The molecule has 2 aliphatic heterocycles. The van der Waals surface area contributed by atoms with Gasteiger partial charge in [-0.15, -0.1) is 0 Å². The van der Waals surface area contributed by atoms with Crippen LogP contribution in [-0.4, -0.2) is 41.5 Å². The van der Waals surface area contributed by atoms with Gasteiger partial charge in [0.15, 0.2) is 5.82 Å². The third-order valence-electron chi connectivity index (χ3n) is 4.19. The summed E-state index contributed by atoms with van der Waals surface area (Å²) in [5.74, 6) is 0.855. The molecule has 0 aromatic carbocycles. The Bertz CT molecular complexity index is 500. The molecule has 0 radical (unpaired) electrons. The van der Waals surface area contributed by atoms with Crippen LogP contribution in [0.5, 0.6) is 0 Å². The quantitative estimate of drug-likeness (QED) is 0.909. The summed E-state index contributed by atoms with van der Waals surface area (Å²) in [6.45, 7) is 4.69. The van der Waals surface area contributed by atoms with Crippen molar-refractivity contribution in [3.63, 3.8) is 0 Å². The van der Waals surface area contributed by atoms with Crippen molar-refractivity contribution in [1.82, 2.24) is 9.78 Å². The van der Waals surface area contributed by atoms with E-state index in [2.05, 4.69) is 15.3 Å². The lowest BCUT2D eigenvalue weighted by Crippen LogP contribution is -2.28. The maximum atomic E-state index is 12.3. The van der Waals surface area contributed by atoms with E-state index >= 15 is 0 Å². The van der Waals surface area contributed by atoms with Gasteiger partial charge in [-0.05, 0) is 32.6 Å². The molecule has 20 heavy (non-hydrogen) atoms. The molecule has 1 amide bonds.